The molecule has 0 aliphatic rings. The van der Waals surface area contributed by atoms with E-state index in [1.165, 1.54) is 0 Å². The van der Waals surface area contributed by atoms with Crippen molar-refractivity contribution in [1.29, 1.82) is 0 Å². The Bertz CT molecular complexity index is 609. The summed E-state index contributed by atoms with van der Waals surface area (Å²) in [5.74, 6) is -4.45. The number of rotatable bonds is 6. The Hall–Kier alpha value is -2.66. The average Bonchev–Trinajstić information content (AvgIpc) is 2.59. The Morgan fingerprint density at radius 1 is 1.12 bits per heavy atom. The van der Waals surface area contributed by atoms with Crippen LogP contribution < -0.4 is 11.5 Å². The highest BCUT2D eigenvalue weighted by molar-refractivity contribution is 6.04. The molecule has 0 bridgehead atoms. The third kappa shape index (κ3) is 7.49. The first-order valence-electron chi connectivity index (χ1n) is 7.07. The van der Waals surface area contributed by atoms with E-state index in [0.717, 1.165) is 12.7 Å². The minimum absolute atomic E-state index is 0.0344. The van der Waals surface area contributed by atoms with Crippen LogP contribution in [0.3, 0.4) is 0 Å². The Morgan fingerprint density at radius 2 is 1.62 bits per heavy atom. The number of carboxylic acid groups (broad SMARTS) is 1. The number of hydrogen-bond acceptors (Lipinski definition) is 7. The molecule has 1 unspecified atom stereocenters. The van der Waals surface area contributed by atoms with Gasteiger partial charge in [0, 0.05) is 0 Å². The molecule has 0 heterocycles. The number of halogens is 3. The zero-order chi connectivity index (χ0) is 20.4. The lowest BCUT2D eigenvalue weighted by atomic mass is 9.97. The SMILES string of the molecule is COC(=O)C(N)(CCN)C(=O)OCc1ccccc1.O=C(O)C(F)(F)F. The molecule has 0 aliphatic carbocycles. The van der Waals surface area contributed by atoms with E-state index in [1.54, 1.807) is 12.1 Å². The van der Waals surface area contributed by atoms with Gasteiger partial charge in [0.05, 0.1) is 7.11 Å². The summed E-state index contributed by atoms with van der Waals surface area (Å²) in [6, 6.07) is 9.08. The minimum atomic E-state index is -5.08. The van der Waals surface area contributed by atoms with Crippen LogP contribution in [0.2, 0.25) is 0 Å². The van der Waals surface area contributed by atoms with E-state index >= 15 is 0 Å². The van der Waals surface area contributed by atoms with Crippen molar-refractivity contribution in [2.24, 2.45) is 11.5 Å². The van der Waals surface area contributed by atoms with Crippen molar-refractivity contribution in [1.82, 2.24) is 0 Å². The molecular weight excluding hydrogens is 361 g/mol. The third-order valence-corrected chi connectivity index (χ3v) is 2.91. The van der Waals surface area contributed by atoms with E-state index in [0.29, 0.717) is 0 Å². The second kappa shape index (κ2) is 10.4. The van der Waals surface area contributed by atoms with Gasteiger partial charge in [0.15, 0.2) is 0 Å². The first-order chi connectivity index (χ1) is 12.0. The maximum Gasteiger partial charge on any atom is 0.490 e. The lowest BCUT2D eigenvalue weighted by Crippen LogP contribution is -2.57. The fourth-order valence-corrected chi connectivity index (χ4v) is 1.55. The molecule has 26 heavy (non-hydrogen) atoms. The quantitative estimate of drug-likeness (QED) is 0.481. The van der Waals surface area contributed by atoms with Gasteiger partial charge in [0.1, 0.15) is 6.61 Å². The van der Waals surface area contributed by atoms with Gasteiger partial charge in [-0.25, -0.2) is 14.4 Å². The molecule has 1 rings (SSSR count). The van der Waals surface area contributed by atoms with Crippen LogP contribution in [0.5, 0.6) is 0 Å². The molecular formula is C15H19F3N2O6. The Labute approximate surface area is 146 Å². The van der Waals surface area contributed by atoms with Crippen molar-refractivity contribution in [2.75, 3.05) is 13.7 Å². The number of hydrogen-bond donors (Lipinski definition) is 3. The lowest BCUT2D eigenvalue weighted by molar-refractivity contribution is -0.192. The summed E-state index contributed by atoms with van der Waals surface area (Å²) in [6.07, 6.45) is -5.12. The van der Waals surface area contributed by atoms with E-state index in [1.807, 2.05) is 18.2 Å². The fraction of sp³-hybridized carbons (Fsp3) is 0.400. The normalized spacial score (nSPS) is 12.8. The molecule has 8 nitrogen and oxygen atoms in total. The Morgan fingerprint density at radius 3 is 2.00 bits per heavy atom. The van der Waals surface area contributed by atoms with Crippen LogP contribution in [0.15, 0.2) is 30.3 Å². The van der Waals surface area contributed by atoms with Crippen LogP contribution in [0.25, 0.3) is 0 Å². The summed E-state index contributed by atoms with van der Waals surface area (Å²) < 4.78 is 41.3. The van der Waals surface area contributed by atoms with Gasteiger partial charge in [-0.15, -0.1) is 0 Å². The van der Waals surface area contributed by atoms with Gasteiger partial charge < -0.3 is 26.0 Å². The number of aliphatic carboxylic acids is 1. The van der Waals surface area contributed by atoms with E-state index in [2.05, 4.69) is 4.74 Å². The van der Waals surface area contributed by atoms with Crippen molar-refractivity contribution in [3.8, 4) is 0 Å². The zero-order valence-corrected chi connectivity index (χ0v) is 13.8. The van der Waals surface area contributed by atoms with Gasteiger partial charge in [-0.2, -0.15) is 13.2 Å². The standard InChI is InChI=1S/C13H18N2O4.C2HF3O2/c1-18-11(16)13(15,7-8-14)12(17)19-9-10-5-3-2-4-6-10;3-2(4,5)1(6)7/h2-6H,7-9,14-15H2,1H3;(H,6,7). The highest BCUT2D eigenvalue weighted by Gasteiger charge is 2.44. The van der Waals surface area contributed by atoms with E-state index in [-0.39, 0.29) is 19.6 Å². The Balaban J connectivity index is 0.000000758. The van der Waals surface area contributed by atoms with Crippen molar-refractivity contribution in [2.45, 2.75) is 24.7 Å². The molecule has 0 spiro atoms. The van der Waals surface area contributed by atoms with Crippen molar-refractivity contribution < 1.29 is 42.1 Å². The van der Waals surface area contributed by atoms with E-state index in [4.69, 9.17) is 26.1 Å². The average molecular weight is 380 g/mol. The molecule has 1 aromatic carbocycles. The second-order valence-electron chi connectivity index (χ2n) is 4.87. The van der Waals surface area contributed by atoms with Crippen LogP contribution in [0.1, 0.15) is 12.0 Å². The molecule has 0 saturated heterocycles. The molecule has 0 radical (unpaired) electrons. The molecule has 0 saturated carbocycles. The third-order valence-electron chi connectivity index (χ3n) is 2.91. The highest BCUT2D eigenvalue weighted by atomic mass is 19.4. The number of benzene rings is 1. The predicted molar refractivity (Wildman–Crippen MR) is 82.5 cm³/mol. The first-order valence-corrected chi connectivity index (χ1v) is 7.07. The molecule has 0 aromatic heterocycles. The largest absolute Gasteiger partial charge is 0.490 e. The number of carbonyl (C=O) groups excluding carboxylic acids is 2. The maximum atomic E-state index is 11.9. The van der Waals surface area contributed by atoms with Crippen LogP contribution in [0.4, 0.5) is 13.2 Å². The molecule has 0 fully saturated rings. The van der Waals surface area contributed by atoms with Crippen molar-refractivity contribution in [3.63, 3.8) is 0 Å². The summed E-state index contributed by atoms with van der Waals surface area (Å²) in [6.45, 7) is 0.117. The molecule has 146 valence electrons. The zero-order valence-electron chi connectivity index (χ0n) is 13.8. The molecule has 0 aliphatic heterocycles. The van der Waals surface area contributed by atoms with Gasteiger partial charge in [0.2, 0.25) is 5.54 Å². The fourth-order valence-electron chi connectivity index (χ4n) is 1.55. The summed E-state index contributed by atoms with van der Waals surface area (Å²) in [5, 5.41) is 7.12. The number of methoxy groups -OCH3 is 1. The smallest absolute Gasteiger partial charge is 0.475 e. The number of ether oxygens (including phenoxy) is 2. The van der Waals surface area contributed by atoms with Gasteiger partial charge in [-0.3, -0.25) is 0 Å². The van der Waals surface area contributed by atoms with E-state index in [9.17, 15) is 22.8 Å². The van der Waals surface area contributed by atoms with Gasteiger partial charge in [-0.1, -0.05) is 30.3 Å². The van der Waals surface area contributed by atoms with Crippen molar-refractivity contribution in [3.05, 3.63) is 35.9 Å². The lowest BCUT2D eigenvalue weighted by Gasteiger charge is -2.23. The predicted octanol–water partition coefficient (Wildman–Crippen LogP) is 0.582. The first kappa shape index (κ1) is 23.3. The molecule has 11 heteroatoms. The minimum Gasteiger partial charge on any atom is -0.475 e. The number of nitrogens with two attached hydrogens (primary N) is 2. The molecule has 1 atom stereocenters. The second-order valence-corrected chi connectivity index (χ2v) is 4.87. The van der Waals surface area contributed by atoms with Gasteiger partial charge in [-0.05, 0) is 18.5 Å². The summed E-state index contributed by atoms with van der Waals surface area (Å²) in [4.78, 5) is 32.4. The highest BCUT2D eigenvalue weighted by Crippen LogP contribution is 2.13. The summed E-state index contributed by atoms with van der Waals surface area (Å²) in [5.41, 5.74) is 10.1. The van der Waals surface area contributed by atoms with Gasteiger partial charge in [0.25, 0.3) is 0 Å². The van der Waals surface area contributed by atoms with Crippen LogP contribution in [-0.4, -0.2) is 48.4 Å². The van der Waals surface area contributed by atoms with Crippen LogP contribution in [-0.2, 0) is 30.5 Å². The number of alkyl halides is 3. The summed E-state index contributed by atoms with van der Waals surface area (Å²) >= 11 is 0. The van der Waals surface area contributed by atoms with Crippen molar-refractivity contribution >= 4 is 17.9 Å². The Kier molecular flexibility index (Phi) is 9.30. The number of carboxylic acids is 1. The van der Waals surface area contributed by atoms with Crippen LogP contribution in [0, 0.1) is 0 Å². The molecule has 0 amide bonds. The number of esters is 2. The number of carbonyl (C=O) groups is 3. The van der Waals surface area contributed by atoms with Gasteiger partial charge >= 0.3 is 24.1 Å². The van der Waals surface area contributed by atoms with Crippen LogP contribution >= 0.6 is 0 Å². The topological polar surface area (TPSA) is 142 Å². The van der Waals surface area contributed by atoms with E-state index < -0.39 is 29.6 Å². The molecule has 5 N–H and O–H groups in total. The monoisotopic (exact) mass is 380 g/mol. The molecule has 1 aromatic rings. The maximum absolute atomic E-state index is 11.9. The summed E-state index contributed by atoms with van der Waals surface area (Å²) in [7, 11) is 1.16.